The van der Waals surface area contributed by atoms with Crippen molar-refractivity contribution in [2.24, 2.45) is 0 Å². The number of anilines is 1. The lowest BCUT2D eigenvalue weighted by atomic mass is 9.97. The highest BCUT2D eigenvalue weighted by molar-refractivity contribution is 5.89. The molecule has 0 bridgehead atoms. The van der Waals surface area contributed by atoms with Crippen LogP contribution in [0.25, 0.3) is 0 Å². The molecule has 0 aliphatic heterocycles. The van der Waals surface area contributed by atoms with Crippen LogP contribution in [0, 0.1) is 0 Å². The first kappa shape index (κ1) is 18.5. The quantitative estimate of drug-likeness (QED) is 0.610. The summed E-state index contributed by atoms with van der Waals surface area (Å²) in [5.41, 5.74) is 3.89. The molecule has 3 aromatic carbocycles. The van der Waals surface area contributed by atoms with Crippen molar-refractivity contribution in [2.75, 3.05) is 19.5 Å². The predicted octanol–water partition coefficient (Wildman–Crippen LogP) is 4.88. The maximum Gasteiger partial charge on any atom is 0.337 e. The van der Waals surface area contributed by atoms with Crippen molar-refractivity contribution in [1.29, 1.82) is 0 Å². The molecule has 4 nitrogen and oxygen atoms in total. The number of esters is 1. The van der Waals surface area contributed by atoms with Gasteiger partial charge in [0.25, 0.3) is 0 Å². The molecule has 4 heteroatoms. The molecule has 0 amide bonds. The summed E-state index contributed by atoms with van der Waals surface area (Å²) < 4.78 is 10.0. The second-order valence-electron chi connectivity index (χ2n) is 6.23. The minimum Gasteiger partial charge on any atom is -0.497 e. The number of hydrogen-bond acceptors (Lipinski definition) is 4. The predicted molar refractivity (Wildman–Crippen MR) is 107 cm³/mol. The Labute approximate surface area is 159 Å². The van der Waals surface area contributed by atoms with Crippen molar-refractivity contribution < 1.29 is 14.3 Å². The van der Waals surface area contributed by atoms with Crippen LogP contribution in [0.15, 0.2) is 78.9 Å². The van der Waals surface area contributed by atoms with E-state index in [0.717, 1.165) is 23.4 Å². The summed E-state index contributed by atoms with van der Waals surface area (Å²) in [6.45, 7) is 0. The normalized spacial score (nSPS) is 11.5. The van der Waals surface area contributed by atoms with E-state index in [1.54, 1.807) is 19.2 Å². The average Bonchev–Trinajstić information content (AvgIpc) is 2.74. The summed E-state index contributed by atoms with van der Waals surface area (Å²) in [5.74, 6) is 0.492. The van der Waals surface area contributed by atoms with Crippen molar-refractivity contribution in [1.82, 2.24) is 0 Å². The molecule has 0 fully saturated rings. The standard InChI is InChI=1S/C23H23NO3/c1-26-21-14-12-20(13-15-21)24-22(16-17-6-4-3-5-7-17)18-8-10-19(11-9-18)23(25)27-2/h3-15,22,24H,16H2,1-2H3. The van der Waals surface area contributed by atoms with E-state index >= 15 is 0 Å². The second-order valence-corrected chi connectivity index (χ2v) is 6.23. The molecule has 1 N–H and O–H groups in total. The van der Waals surface area contributed by atoms with E-state index in [1.807, 2.05) is 54.6 Å². The van der Waals surface area contributed by atoms with Crippen LogP contribution >= 0.6 is 0 Å². The zero-order valence-corrected chi connectivity index (χ0v) is 15.5. The Morgan fingerprint density at radius 3 is 2.15 bits per heavy atom. The molecule has 138 valence electrons. The molecular weight excluding hydrogens is 338 g/mol. The number of benzene rings is 3. The third-order valence-corrected chi connectivity index (χ3v) is 4.45. The van der Waals surface area contributed by atoms with Crippen molar-refractivity contribution in [3.63, 3.8) is 0 Å². The molecule has 3 rings (SSSR count). The maximum atomic E-state index is 11.7. The number of rotatable bonds is 7. The SMILES string of the molecule is COC(=O)c1ccc(C(Cc2ccccc2)Nc2ccc(OC)cc2)cc1. The molecule has 0 saturated heterocycles. The van der Waals surface area contributed by atoms with Crippen LogP contribution in [0.4, 0.5) is 5.69 Å². The van der Waals surface area contributed by atoms with Gasteiger partial charge in [0.05, 0.1) is 25.8 Å². The van der Waals surface area contributed by atoms with E-state index in [9.17, 15) is 4.79 Å². The topological polar surface area (TPSA) is 47.6 Å². The van der Waals surface area contributed by atoms with Crippen molar-refractivity contribution in [3.8, 4) is 5.75 Å². The lowest BCUT2D eigenvalue weighted by Gasteiger charge is -2.21. The molecule has 0 heterocycles. The Morgan fingerprint density at radius 2 is 1.56 bits per heavy atom. The monoisotopic (exact) mass is 361 g/mol. The molecule has 0 radical (unpaired) electrons. The van der Waals surface area contributed by atoms with Gasteiger partial charge in [-0.25, -0.2) is 4.79 Å². The van der Waals surface area contributed by atoms with Gasteiger partial charge >= 0.3 is 5.97 Å². The minimum atomic E-state index is -0.329. The highest BCUT2D eigenvalue weighted by Gasteiger charge is 2.14. The fraction of sp³-hybridized carbons (Fsp3) is 0.174. The largest absolute Gasteiger partial charge is 0.497 e. The molecule has 0 aliphatic carbocycles. The van der Waals surface area contributed by atoms with Gasteiger partial charge in [-0.1, -0.05) is 42.5 Å². The van der Waals surface area contributed by atoms with Gasteiger partial charge in [-0.05, 0) is 53.9 Å². The fourth-order valence-corrected chi connectivity index (χ4v) is 2.96. The van der Waals surface area contributed by atoms with Crippen LogP contribution in [-0.2, 0) is 11.2 Å². The molecule has 27 heavy (non-hydrogen) atoms. The second kappa shape index (κ2) is 8.90. The maximum absolute atomic E-state index is 11.7. The molecule has 1 unspecified atom stereocenters. The molecule has 1 atom stereocenters. The number of methoxy groups -OCH3 is 2. The summed E-state index contributed by atoms with van der Waals surface area (Å²) in [5, 5.41) is 3.59. The Kier molecular flexibility index (Phi) is 6.10. The molecular formula is C23H23NO3. The van der Waals surface area contributed by atoms with Gasteiger partial charge in [0.2, 0.25) is 0 Å². The van der Waals surface area contributed by atoms with E-state index in [-0.39, 0.29) is 12.0 Å². The highest BCUT2D eigenvalue weighted by atomic mass is 16.5. The van der Waals surface area contributed by atoms with Crippen LogP contribution in [0.1, 0.15) is 27.5 Å². The molecule has 0 spiro atoms. The van der Waals surface area contributed by atoms with E-state index in [1.165, 1.54) is 12.7 Å². The summed E-state index contributed by atoms with van der Waals surface area (Å²) in [4.78, 5) is 11.7. The van der Waals surface area contributed by atoms with Crippen molar-refractivity contribution in [2.45, 2.75) is 12.5 Å². The third-order valence-electron chi connectivity index (χ3n) is 4.45. The van der Waals surface area contributed by atoms with Gasteiger partial charge in [-0.15, -0.1) is 0 Å². The third kappa shape index (κ3) is 4.88. The Morgan fingerprint density at radius 1 is 0.889 bits per heavy atom. The van der Waals surface area contributed by atoms with Gasteiger partial charge in [-0.2, -0.15) is 0 Å². The van der Waals surface area contributed by atoms with Gasteiger partial charge in [0, 0.05) is 5.69 Å². The Bertz CT molecular complexity index is 858. The van der Waals surface area contributed by atoms with E-state index in [0.29, 0.717) is 5.56 Å². The van der Waals surface area contributed by atoms with E-state index in [2.05, 4.69) is 17.4 Å². The Hall–Kier alpha value is -3.27. The lowest BCUT2D eigenvalue weighted by molar-refractivity contribution is 0.0600. The van der Waals surface area contributed by atoms with Crippen molar-refractivity contribution in [3.05, 3.63) is 95.6 Å². The highest BCUT2D eigenvalue weighted by Crippen LogP contribution is 2.25. The zero-order chi connectivity index (χ0) is 19.1. The number of ether oxygens (including phenoxy) is 2. The summed E-state index contributed by atoms with van der Waals surface area (Å²) in [6.07, 6.45) is 0.824. The first-order chi connectivity index (χ1) is 13.2. The first-order valence-corrected chi connectivity index (χ1v) is 8.82. The first-order valence-electron chi connectivity index (χ1n) is 8.82. The smallest absolute Gasteiger partial charge is 0.337 e. The van der Waals surface area contributed by atoms with Crippen LogP contribution in [0.3, 0.4) is 0 Å². The summed E-state index contributed by atoms with van der Waals surface area (Å²) in [7, 11) is 3.04. The van der Waals surface area contributed by atoms with Crippen LogP contribution < -0.4 is 10.1 Å². The average molecular weight is 361 g/mol. The fourth-order valence-electron chi connectivity index (χ4n) is 2.96. The molecule has 3 aromatic rings. The molecule has 0 aliphatic rings. The number of carbonyl (C=O) groups is 1. The zero-order valence-electron chi connectivity index (χ0n) is 15.5. The van der Waals surface area contributed by atoms with Crippen LogP contribution in [-0.4, -0.2) is 20.2 Å². The number of nitrogens with one attached hydrogen (secondary N) is 1. The van der Waals surface area contributed by atoms with E-state index in [4.69, 9.17) is 9.47 Å². The molecule has 0 aromatic heterocycles. The van der Waals surface area contributed by atoms with E-state index < -0.39 is 0 Å². The molecule has 0 saturated carbocycles. The van der Waals surface area contributed by atoms with Crippen LogP contribution in [0.2, 0.25) is 0 Å². The van der Waals surface area contributed by atoms with Gasteiger partial charge in [-0.3, -0.25) is 0 Å². The summed E-state index contributed by atoms with van der Waals surface area (Å²) in [6, 6.07) is 25.8. The van der Waals surface area contributed by atoms with Crippen LogP contribution in [0.5, 0.6) is 5.75 Å². The van der Waals surface area contributed by atoms with Crippen molar-refractivity contribution >= 4 is 11.7 Å². The Balaban J connectivity index is 1.85. The van der Waals surface area contributed by atoms with Gasteiger partial charge in [0.15, 0.2) is 0 Å². The number of hydrogen-bond donors (Lipinski definition) is 1. The number of carbonyl (C=O) groups excluding carboxylic acids is 1. The van der Waals surface area contributed by atoms with Gasteiger partial charge < -0.3 is 14.8 Å². The van der Waals surface area contributed by atoms with Gasteiger partial charge in [0.1, 0.15) is 5.75 Å². The summed E-state index contributed by atoms with van der Waals surface area (Å²) >= 11 is 0. The lowest BCUT2D eigenvalue weighted by Crippen LogP contribution is -2.14. The minimum absolute atomic E-state index is 0.0625.